The monoisotopic (exact) mass is 714 g/mol. The second kappa shape index (κ2) is 15.4. The maximum absolute atomic E-state index is 13.5. The number of sulfonamides is 1. The fraction of sp³-hybridized carbons (Fsp3) is 0.333. The number of nitrogens with zero attached hydrogens (tertiary/aromatic N) is 6. The first kappa shape index (κ1) is 35.3. The molecule has 2 aromatic carbocycles. The molecule has 2 heterocycles. The van der Waals surface area contributed by atoms with Crippen LogP contribution in [-0.4, -0.2) is 74.1 Å². The lowest BCUT2D eigenvalue weighted by Gasteiger charge is -2.18. The second-order valence-electron chi connectivity index (χ2n) is 9.22. The van der Waals surface area contributed by atoms with Gasteiger partial charge in [-0.05, 0) is 48.2 Å². The van der Waals surface area contributed by atoms with Crippen molar-refractivity contribution in [1.82, 2.24) is 34.6 Å². The van der Waals surface area contributed by atoms with Crippen molar-refractivity contribution in [3.8, 4) is 5.69 Å². The summed E-state index contributed by atoms with van der Waals surface area (Å²) < 4.78 is 69.5. The van der Waals surface area contributed by atoms with Gasteiger partial charge in [0.1, 0.15) is 0 Å². The average molecular weight is 715 g/mol. The molecule has 46 heavy (non-hydrogen) atoms. The van der Waals surface area contributed by atoms with E-state index in [1.807, 2.05) is 6.92 Å². The molecule has 12 nitrogen and oxygen atoms in total. The number of hydrogen-bond donors (Lipinski definition) is 2. The summed E-state index contributed by atoms with van der Waals surface area (Å²) in [5.74, 6) is -0.283. The number of carbonyl (C=O) groups excluding carboxylic acids is 2. The quantitative estimate of drug-likeness (QED) is 0.136. The highest BCUT2D eigenvalue weighted by Crippen LogP contribution is 2.32. The van der Waals surface area contributed by atoms with E-state index in [1.54, 1.807) is 13.8 Å². The Balaban J connectivity index is 1.53. The van der Waals surface area contributed by atoms with E-state index in [9.17, 15) is 31.2 Å². The molecule has 0 radical (unpaired) electrons. The van der Waals surface area contributed by atoms with Crippen LogP contribution < -0.4 is 10.6 Å². The van der Waals surface area contributed by atoms with Crippen LogP contribution in [0.5, 0.6) is 0 Å². The van der Waals surface area contributed by atoms with Crippen LogP contribution in [0.4, 0.5) is 18.3 Å². The first-order chi connectivity index (χ1) is 21.9. The molecular weight excluding hydrogens is 686 g/mol. The van der Waals surface area contributed by atoms with Gasteiger partial charge in [0.05, 0.1) is 28.4 Å². The van der Waals surface area contributed by atoms with Crippen LogP contribution in [0.25, 0.3) is 5.69 Å². The SMILES string of the molecule is CCSc1nnc(NC(=O)CSc2nnc(CNC(=O)c3ccc(S(=O)(=O)N(CC)CC)cc3)n2-c2cccc(C(F)(F)F)c2)s1. The van der Waals surface area contributed by atoms with Crippen molar-refractivity contribution < 1.29 is 31.2 Å². The number of thioether (sulfide) groups is 2. The Kier molecular flexibility index (Phi) is 11.8. The highest BCUT2D eigenvalue weighted by atomic mass is 32.2. The number of aromatic nitrogens is 5. The number of benzene rings is 2. The van der Waals surface area contributed by atoms with E-state index >= 15 is 0 Å². The van der Waals surface area contributed by atoms with Crippen molar-refractivity contribution in [3.63, 3.8) is 0 Å². The van der Waals surface area contributed by atoms with Crippen molar-refractivity contribution in [2.75, 3.05) is 29.9 Å². The van der Waals surface area contributed by atoms with Gasteiger partial charge in [0, 0.05) is 18.7 Å². The lowest BCUT2D eigenvalue weighted by atomic mass is 10.2. The fourth-order valence-corrected chi connectivity index (χ4v) is 7.96. The Hall–Kier alpha value is -3.52. The van der Waals surface area contributed by atoms with Crippen molar-refractivity contribution in [2.45, 2.75) is 47.9 Å². The molecule has 0 fully saturated rings. The van der Waals surface area contributed by atoms with E-state index in [4.69, 9.17) is 0 Å². The molecule has 246 valence electrons. The summed E-state index contributed by atoms with van der Waals surface area (Å²) in [5.41, 5.74) is -0.672. The Morgan fingerprint density at radius 2 is 1.70 bits per heavy atom. The number of halogens is 3. The summed E-state index contributed by atoms with van der Waals surface area (Å²) in [6, 6.07) is 9.90. The van der Waals surface area contributed by atoms with Gasteiger partial charge in [0.25, 0.3) is 5.91 Å². The minimum Gasteiger partial charge on any atom is -0.345 e. The topological polar surface area (TPSA) is 152 Å². The summed E-state index contributed by atoms with van der Waals surface area (Å²) in [6.45, 7) is 5.75. The van der Waals surface area contributed by atoms with Gasteiger partial charge in [0.15, 0.2) is 15.3 Å². The molecule has 19 heteroatoms. The van der Waals surface area contributed by atoms with Gasteiger partial charge < -0.3 is 5.32 Å². The highest BCUT2D eigenvalue weighted by molar-refractivity contribution is 8.01. The standard InChI is InChI=1S/C27H29F3N8O4S4/c1-4-37(5-2)46(41,42)20-12-10-17(11-13-20)23(40)31-15-21-33-35-25(38(21)19-9-7-8-18(14-19)27(28,29)30)44-16-22(39)32-24-34-36-26(45-24)43-6-3/h7-14H,4-6,15-16H2,1-3H3,(H,31,40)(H,32,34,39). The van der Waals surface area contributed by atoms with E-state index in [0.29, 0.717) is 22.6 Å². The molecule has 0 aliphatic heterocycles. The summed E-state index contributed by atoms with van der Waals surface area (Å²) in [7, 11) is -3.72. The third-order valence-electron chi connectivity index (χ3n) is 6.25. The predicted octanol–water partition coefficient (Wildman–Crippen LogP) is 4.94. The van der Waals surface area contributed by atoms with Crippen LogP contribution in [-0.2, 0) is 27.5 Å². The molecule has 2 aromatic heterocycles. The van der Waals surface area contributed by atoms with Gasteiger partial charge in [0.2, 0.25) is 21.1 Å². The van der Waals surface area contributed by atoms with Crippen LogP contribution >= 0.6 is 34.9 Å². The van der Waals surface area contributed by atoms with Gasteiger partial charge in [-0.3, -0.25) is 19.5 Å². The van der Waals surface area contributed by atoms with Gasteiger partial charge in [-0.1, -0.05) is 61.7 Å². The number of carbonyl (C=O) groups is 2. The van der Waals surface area contributed by atoms with Crippen LogP contribution in [0, 0.1) is 0 Å². The average Bonchev–Trinajstić information content (AvgIpc) is 3.65. The molecule has 0 spiro atoms. The first-order valence-corrected chi connectivity index (χ1v) is 18.0. The molecule has 0 aliphatic rings. The molecule has 0 saturated carbocycles. The number of amides is 2. The number of alkyl halides is 3. The second-order valence-corrected chi connectivity index (χ2v) is 14.6. The van der Waals surface area contributed by atoms with E-state index in [0.717, 1.165) is 29.6 Å². The van der Waals surface area contributed by atoms with Gasteiger partial charge in [-0.15, -0.1) is 20.4 Å². The first-order valence-electron chi connectivity index (χ1n) is 13.8. The Bertz CT molecular complexity index is 1780. The molecule has 0 aliphatic carbocycles. The van der Waals surface area contributed by atoms with Crippen molar-refractivity contribution in [2.24, 2.45) is 0 Å². The fourth-order valence-electron chi connectivity index (χ4n) is 4.07. The van der Waals surface area contributed by atoms with Gasteiger partial charge >= 0.3 is 6.18 Å². The Morgan fingerprint density at radius 3 is 2.35 bits per heavy atom. The Labute approximate surface area is 275 Å². The molecule has 0 bridgehead atoms. The minimum absolute atomic E-state index is 0.0363. The molecule has 0 atom stereocenters. The summed E-state index contributed by atoms with van der Waals surface area (Å²) in [5, 5.41) is 21.8. The van der Waals surface area contributed by atoms with E-state index in [2.05, 4.69) is 31.0 Å². The van der Waals surface area contributed by atoms with Crippen LogP contribution in [0.3, 0.4) is 0 Å². The van der Waals surface area contributed by atoms with E-state index < -0.39 is 33.6 Å². The molecule has 4 rings (SSSR count). The normalized spacial score (nSPS) is 12.0. The van der Waals surface area contributed by atoms with Crippen molar-refractivity contribution >= 4 is 61.8 Å². The number of anilines is 1. The molecule has 0 saturated heterocycles. The van der Waals surface area contributed by atoms with Crippen LogP contribution in [0.15, 0.2) is 62.9 Å². The zero-order valence-electron chi connectivity index (χ0n) is 24.7. The third-order valence-corrected chi connectivity index (χ3v) is 11.1. The number of nitrogens with one attached hydrogen (secondary N) is 2. The molecule has 4 aromatic rings. The predicted molar refractivity (Wildman–Crippen MR) is 170 cm³/mol. The molecule has 2 N–H and O–H groups in total. The smallest absolute Gasteiger partial charge is 0.345 e. The number of hydrogen-bond acceptors (Lipinski definition) is 11. The summed E-state index contributed by atoms with van der Waals surface area (Å²) in [4.78, 5) is 25.6. The lowest BCUT2D eigenvalue weighted by Crippen LogP contribution is -2.30. The van der Waals surface area contributed by atoms with Crippen molar-refractivity contribution in [3.05, 3.63) is 65.5 Å². The number of rotatable bonds is 14. The largest absolute Gasteiger partial charge is 0.416 e. The molecular formula is C27H29F3N8O4S4. The van der Waals surface area contributed by atoms with Crippen LogP contribution in [0.2, 0.25) is 0 Å². The molecule has 2 amide bonds. The van der Waals surface area contributed by atoms with Crippen molar-refractivity contribution in [1.29, 1.82) is 0 Å². The van der Waals surface area contributed by atoms with Crippen LogP contribution in [0.1, 0.15) is 42.5 Å². The molecule has 0 unspecified atom stereocenters. The zero-order chi connectivity index (χ0) is 33.5. The third kappa shape index (κ3) is 8.64. The Morgan fingerprint density at radius 1 is 0.978 bits per heavy atom. The zero-order valence-corrected chi connectivity index (χ0v) is 28.0. The summed E-state index contributed by atoms with van der Waals surface area (Å²) >= 11 is 3.63. The van der Waals surface area contributed by atoms with E-state index in [-0.39, 0.29) is 39.4 Å². The summed E-state index contributed by atoms with van der Waals surface area (Å²) in [6.07, 6.45) is -4.62. The maximum atomic E-state index is 13.5. The van der Waals surface area contributed by atoms with E-state index in [1.165, 1.54) is 68.4 Å². The lowest BCUT2D eigenvalue weighted by molar-refractivity contribution is -0.137. The van der Waals surface area contributed by atoms with Gasteiger partial charge in [-0.25, -0.2) is 8.42 Å². The highest BCUT2D eigenvalue weighted by Gasteiger charge is 2.31. The maximum Gasteiger partial charge on any atom is 0.416 e. The van der Waals surface area contributed by atoms with Gasteiger partial charge in [-0.2, -0.15) is 17.5 Å². The minimum atomic E-state index is -4.62.